The normalized spacial score (nSPS) is 28.6. The standard InChI is InChI=1S/C13H19N3O2/c1-14-13-6-8(7-13)15-11-9(13)4-5-10(16-11)12(17-2)18-3/h4-5,8,12,14H,6-7H2,1-3H3,(H,15,16). The van der Waals surface area contributed by atoms with Crippen molar-refractivity contribution in [3.8, 4) is 0 Å². The van der Waals surface area contributed by atoms with E-state index in [-0.39, 0.29) is 5.54 Å². The smallest absolute Gasteiger partial charge is 0.200 e. The second kappa shape index (κ2) is 4.19. The lowest BCUT2D eigenvalue weighted by atomic mass is 9.65. The molecule has 2 aliphatic heterocycles. The number of ether oxygens (including phenoxy) is 2. The maximum atomic E-state index is 5.24. The fraction of sp³-hybridized carbons (Fsp3) is 0.615. The first kappa shape index (κ1) is 11.9. The van der Waals surface area contributed by atoms with Crippen molar-refractivity contribution in [3.05, 3.63) is 23.4 Å². The van der Waals surface area contributed by atoms with Crippen LogP contribution in [0.5, 0.6) is 0 Å². The monoisotopic (exact) mass is 249 g/mol. The Morgan fingerprint density at radius 2 is 2.11 bits per heavy atom. The van der Waals surface area contributed by atoms with Crippen molar-refractivity contribution < 1.29 is 9.47 Å². The third-order valence-corrected chi connectivity index (χ3v) is 4.11. The Balaban J connectivity index is 1.97. The second-order valence-electron chi connectivity index (χ2n) is 5.02. The highest BCUT2D eigenvalue weighted by Gasteiger charge is 2.50. The number of aromatic nitrogens is 1. The minimum absolute atomic E-state index is 0.117. The Morgan fingerprint density at radius 1 is 1.39 bits per heavy atom. The van der Waals surface area contributed by atoms with Gasteiger partial charge in [0.2, 0.25) is 6.29 Å². The molecule has 5 nitrogen and oxygen atoms in total. The molecule has 98 valence electrons. The van der Waals surface area contributed by atoms with Gasteiger partial charge in [-0.15, -0.1) is 0 Å². The first-order chi connectivity index (χ1) is 8.72. The first-order valence-corrected chi connectivity index (χ1v) is 6.25. The number of methoxy groups -OCH3 is 2. The van der Waals surface area contributed by atoms with Crippen LogP contribution in [0.1, 0.15) is 30.4 Å². The molecule has 3 heterocycles. The van der Waals surface area contributed by atoms with Gasteiger partial charge in [0.25, 0.3) is 0 Å². The van der Waals surface area contributed by atoms with E-state index < -0.39 is 6.29 Å². The number of pyridine rings is 1. The molecule has 0 unspecified atom stereocenters. The molecule has 5 heteroatoms. The highest BCUT2D eigenvalue weighted by molar-refractivity contribution is 5.56. The van der Waals surface area contributed by atoms with Crippen LogP contribution in [0.15, 0.2) is 12.1 Å². The van der Waals surface area contributed by atoms with Gasteiger partial charge in [-0.3, -0.25) is 0 Å². The summed E-state index contributed by atoms with van der Waals surface area (Å²) in [5.41, 5.74) is 2.17. The Bertz CT molecular complexity index is 454. The lowest BCUT2D eigenvalue weighted by molar-refractivity contribution is -0.108. The Morgan fingerprint density at radius 3 is 2.72 bits per heavy atom. The molecule has 18 heavy (non-hydrogen) atoms. The predicted octanol–water partition coefficient (Wildman–Crippen LogP) is 1.38. The SMILES string of the molecule is CNC12CC(C1)Nc1nc(C(OC)OC)ccc12. The van der Waals surface area contributed by atoms with Crippen molar-refractivity contribution in [2.24, 2.45) is 0 Å². The van der Waals surface area contributed by atoms with Crippen LogP contribution in [-0.2, 0) is 15.0 Å². The predicted molar refractivity (Wildman–Crippen MR) is 68.4 cm³/mol. The number of hydrogen-bond acceptors (Lipinski definition) is 5. The molecule has 0 saturated heterocycles. The molecule has 0 atom stereocenters. The molecule has 0 spiro atoms. The molecule has 4 rings (SSSR count). The van der Waals surface area contributed by atoms with Gasteiger partial charge in [-0.25, -0.2) is 4.98 Å². The molecule has 1 saturated carbocycles. The van der Waals surface area contributed by atoms with Gasteiger partial charge in [-0.2, -0.15) is 0 Å². The van der Waals surface area contributed by atoms with E-state index >= 15 is 0 Å². The van der Waals surface area contributed by atoms with Crippen LogP contribution in [0.4, 0.5) is 5.82 Å². The molecule has 0 radical (unpaired) electrons. The van der Waals surface area contributed by atoms with Gasteiger partial charge >= 0.3 is 0 Å². The Labute approximate surface area is 107 Å². The van der Waals surface area contributed by atoms with Gasteiger partial charge in [0.05, 0.1) is 11.2 Å². The molecule has 1 aliphatic carbocycles. The van der Waals surface area contributed by atoms with Gasteiger partial charge < -0.3 is 20.1 Å². The van der Waals surface area contributed by atoms with E-state index in [0.29, 0.717) is 6.04 Å². The van der Waals surface area contributed by atoms with Crippen LogP contribution in [0.2, 0.25) is 0 Å². The number of nitrogens with one attached hydrogen (secondary N) is 2. The number of anilines is 1. The Hall–Kier alpha value is -1.17. The van der Waals surface area contributed by atoms with Gasteiger partial charge in [0.15, 0.2) is 0 Å². The highest BCUT2D eigenvalue weighted by Crippen LogP contribution is 2.49. The van der Waals surface area contributed by atoms with Crippen LogP contribution >= 0.6 is 0 Å². The molecule has 0 aromatic carbocycles. The Kier molecular flexibility index (Phi) is 2.77. The van der Waals surface area contributed by atoms with E-state index in [2.05, 4.69) is 21.7 Å². The van der Waals surface area contributed by atoms with Crippen molar-refractivity contribution in [1.82, 2.24) is 10.3 Å². The lowest BCUT2D eigenvalue weighted by Crippen LogP contribution is -2.59. The van der Waals surface area contributed by atoms with E-state index in [1.54, 1.807) is 14.2 Å². The first-order valence-electron chi connectivity index (χ1n) is 6.25. The van der Waals surface area contributed by atoms with Crippen molar-refractivity contribution >= 4 is 5.82 Å². The van der Waals surface area contributed by atoms with Crippen molar-refractivity contribution in [2.45, 2.75) is 30.7 Å². The van der Waals surface area contributed by atoms with E-state index in [1.165, 1.54) is 5.56 Å². The van der Waals surface area contributed by atoms with E-state index in [0.717, 1.165) is 24.4 Å². The van der Waals surface area contributed by atoms with Crippen molar-refractivity contribution in [3.63, 3.8) is 0 Å². The summed E-state index contributed by atoms with van der Waals surface area (Å²) in [4.78, 5) is 4.63. The van der Waals surface area contributed by atoms with Crippen LogP contribution in [-0.4, -0.2) is 32.3 Å². The lowest BCUT2D eigenvalue weighted by Gasteiger charge is -2.53. The molecule has 0 amide bonds. The minimum Gasteiger partial charge on any atom is -0.367 e. The van der Waals surface area contributed by atoms with Crippen molar-refractivity contribution in [2.75, 3.05) is 26.6 Å². The van der Waals surface area contributed by atoms with Crippen molar-refractivity contribution in [1.29, 1.82) is 0 Å². The molecule has 1 aromatic heterocycles. The summed E-state index contributed by atoms with van der Waals surface area (Å²) in [5.74, 6) is 0.962. The van der Waals surface area contributed by atoms with Gasteiger partial charge in [-0.05, 0) is 26.0 Å². The zero-order valence-electron chi connectivity index (χ0n) is 11.0. The summed E-state index contributed by atoms with van der Waals surface area (Å²) in [6.07, 6.45) is 1.87. The number of nitrogens with zero attached hydrogens (tertiary/aromatic N) is 1. The second-order valence-corrected chi connectivity index (χ2v) is 5.02. The molecule has 2 bridgehead atoms. The van der Waals surface area contributed by atoms with Crippen LogP contribution in [0.25, 0.3) is 0 Å². The molecular formula is C13H19N3O2. The average molecular weight is 249 g/mol. The van der Waals surface area contributed by atoms with Gasteiger partial charge in [0, 0.05) is 25.8 Å². The number of rotatable bonds is 4. The zero-order chi connectivity index (χ0) is 12.8. The molecular weight excluding hydrogens is 230 g/mol. The minimum atomic E-state index is -0.402. The maximum Gasteiger partial charge on any atom is 0.200 e. The van der Waals surface area contributed by atoms with Crippen LogP contribution in [0, 0.1) is 0 Å². The number of hydrogen-bond donors (Lipinski definition) is 2. The third-order valence-electron chi connectivity index (χ3n) is 4.11. The fourth-order valence-electron chi connectivity index (χ4n) is 3.08. The molecule has 3 aliphatic rings. The summed E-state index contributed by atoms with van der Waals surface area (Å²) in [6.45, 7) is 0. The van der Waals surface area contributed by atoms with Gasteiger partial charge in [0.1, 0.15) is 5.82 Å². The van der Waals surface area contributed by atoms with Crippen LogP contribution in [0.3, 0.4) is 0 Å². The topological polar surface area (TPSA) is 55.4 Å². The average Bonchev–Trinajstić information content (AvgIpc) is 2.37. The van der Waals surface area contributed by atoms with E-state index in [1.807, 2.05) is 13.1 Å². The zero-order valence-corrected chi connectivity index (χ0v) is 11.0. The largest absolute Gasteiger partial charge is 0.367 e. The summed E-state index contributed by atoms with van der Waals surface area (Å²) in [6, 6.07) is 4.65. The van der Waals surface area contributed by atoms with Gasteiger partial charge in [-0.1, -0.05) is 6.07 Å². The summed E-state index contributed by atoms with van der Waals surface area (Å²) >= 11 is 0. The molecule has 1 aromatic rings. The quantitative estimate of drug-likeness (QED) is 0.789. The summed E-state index contributed by atoms with van der Waals surface area (Å²) in [5, 5.41) is 6.90. The molecule has 2 N–H and O–H groups in total. The van der Waals surface area contributed by atoms with E-state index in [9.17, 15) is 0 Å². The summed E-state index contributed by atoms with van der Waals surface area (Å²) < 4.78 is 10.5. The highest BCUT2D eigenvalue weighted by atomic mass is 16.7. The fourth-order valence-corrected chi connectivity index (χ4v) is 3.08. The van der Waals surface area contributed by atoms with Crippen LogP contribution < -0.4 is 10.6 Å². The molecule has 1 fully saturated rings. The summed E-state index contributed by atoms with van der Waals surface area (Å²) in [7, 11) is 5.26. The maximum absolute atomic E-state index is 5.24. The van der Waals surface area contributed by atoms with E-state index in [4.69, 9.17) is 9.47 Å². The third kappa shape index (κ3) is 1.55.